The van der Waals surface area contributed by atoms with Gasteiger partial charge in [0.2, 0.25) is 5.91 Å². The molecule has 6 rings (SSSR count). The first-order valence-electron chi connectivity index (χ1n) is 13.5. The van der Waals surface area contributed by atoms with Crippen molar-refractivity contribution in [3.8, 4) is 0 Å². The van der Waals surface area contributed by atoms with Crippen LogP contribution in [0.5, 0.6) is 0 Å². The van der Waals surface area contributed by atoms with Gasteiger partial charge in [-0.3, -0.25) is 9.59 Å². The minimum absolute atomic E-state index is 0.195. The molecule has 1 saturated heterocycles. The summed E-state index contributed by atoms with van der Waals surface area (Å²) in [4.78, 5) is 43.4. The Morgan fingerprint density at radius 2 is 1.72 bits per heavy atom. The van der Waals surface area contributed by atoms with Crippen molar-refractivity contribution < 1.29 is 23.8 Å². The number of nitrogens with zero attached hydrogens (tertiary/aromatic N) is 2. The molecule has 10 heteroatoms. The molecule has 0 radical (unpaired) electrons. The maximum Gasteiger partial charge on any atom is 0.349 e. The number of rotatable bonds is 6. The van der Waals surface area contributed by atoms with Crippen LogP contribution in [0.25, 0.3) is 11.0 Å². The number of benzene rings is 2. The van der Waals surface area contributed by atoms with Gasteiger partial charge in [-0.1, -0.05) is 0 Å². The summed E-state index contributed by atoms with van der Waals surface area (Å²) in [6.07, 6.45) is 3.81. The third kappa shape index (κ3) is 4.97. The number of aliphatic hydroxyl groups excluding tert-OH is 1. The van der Waals surface area contributed by atoms with Crippen molar-refractivity contribution in [3.05, 3.63) is 63.5 Å². The van der Waals surface area contributed by atoms with Crippen LogP contribution in [0.2, 0.25) is 0 Å². The summed E-state index contributed by atoms with van der Waals surface area (Å²) < 4.78 is 11.1. The van der Waals surface area contributed by atoms with E-state index in [1.54, 1.807) is 12.1 Å². The van der Waals surface area contributed by atoms with Crippen molar-refractivity contribution >= 4 is 39.8 Å². The topological polar surface area (TPSA) is 124 Å². The predicted molar refractivity (Wildman–Crippen MR) is 148 cm³/mol. The van der Waals surface area contributed by atoms with Gasteiger partial charge in [-0.15, -0.1) is 0 Å². The number of hydrogen-bond acceptors (Lipinski definition) is 8. The number of fused-ring (bicyclic) bond motifs is 2. The quantitative estimate of drug-likeness (QED) is 0.412. The number of hydrogen-bond donors (Lipinski definition) is 3. The van der Waals surface area contributed by atoms with E-state index < -0.39 is 30.1 Å². The van der Waals surface area contributed by atoms with Gasteiger partial charge in [0, 0.05) is 54.2 Å². The molecule has 0 spiro atoms. The van der Waals surface area contributed by atoms with E-state index in [1.807, 2.05) is 18.2 Å². The van der Waals surface area contributed by atoms with E-state index in [0.29, 0.717) is 29.9 Å². The lowest BCUT2D eigenvalue weighted by molar-refractivity contribution is -0.118. The van der Waals surface area contributed by atoms with Crippen molar-refractivity contribution in [2.45, 2.75) is 31.7 Å². The molecule has 3 aliphatic rings. The number of nitrogens with one attached hydrogen (secondary N) is 2. The van der Waals surface area contributed by atoms with Crippen molar-refractivity contribution in [1.29, 1.82) is 0 Å². The molecule has 204 valence electrons. The molecule has 1 atom stereocenters. The molecule has 10 nitrogen and oxygen atoms in total. The highest BCUT2D eigenvalue weighted by Crippen LogP contribution is 2.39. The highest BCUT2D eigenvalue weighted by Gasteiger charge is 2.28. The van der Waals surface area contributed by atoms with E-state index in [-0.39, 0.29) is 5.56 Å². The van der Waals surface area contributed by atoms with Gasteiger partial charge in [-0.25, -0.2) is 4.79 Å². The second kappa shape index (κ2) is 10.7. The van der Waals surface area contributed by atoms with Crippen LogP contribution in [0.1, 0.15) is 34.3 Å². The summed E-state index contributed by atoms with van der Waals surface area (Å²) in [5.74, 6) is -1.36. The molecule has 2 amide bonds. The van der Waals surface area contributed by atoms with Crippen molar-refractivity contribution in [2.75, 3.05) is 61.1 Å². The van der Waals surface area contributed by atoms with Crippen LogP contribution in [-0.2, 0) is 22.4 Å². The number of morpholine rings is 1. The zero-order valence-electron chi connectivity index (χ0n) is 21.7. The fraction of sp³-hybridized carbons (Fsp3) is 0.414. The lowest BCUT2D eigenvalue weighted by Crippen LogP contribution is -2.47. The van der Waals surface area contributed by atoms with Gasteiger partial charge in [0.05, 0.1) is 19.8 Å². The fourth-order valence-electron chi connectivity index (χ4n) is 5.84. The van der Waals surface area contributed by atoms with Gasteiger partial charge in [0.15, 0.2) is 0 Å². The second-order valence-electron chi connectivity index (χ2n) is 10.3. The molecule has 1 aromatic heterocycles. The van der Waals surface area contributed by atoms with Crippen LogP contribution < -0.4 is 26.1 Å². The second-order valence-corrected chi connectivity index (χ2v) is 10.3. The molecule has 0 aliphatic carbocycles. The first-order chi connectivity index (χ1) is 19.0. The molecule has 39 heavy (non-hydrogen) atoms. The Balaban J connectivity index is 1.18. The maximum atomic E-state index is 13.1. The van der Waals surface area contributed by atoms with E-state index in [2.05, 4.69) is 20.4 Å². The Bertz CT molecular complexity index is 1460. The largest absolute Gasteiger partial charge is 0.422 e. The smallest absolute Gasteiger partial charge is 0.349 e. The summed E-state index contributed by atoms with van der Waals surface area (Å²) in [6, 6.07) is 9.64. The average Bonchev–Trinajstić information content (AvgIpc) is 2.97. The van der Waals surface area contributed by atoms with Crippen LogP contribution in [0.4, 0.5) is 17.1 Å². The minimum Gasteiger partial charge on any atom is -0.422 e. The molecule has 4 heterocycles. The number of ether oxygens (including phenoxy) is 1. The summed E-state index contributed by atoms with van der Waals surface area (Å²) in [6.45, 7) is 4.32. The number of aliphatic hydroxyl groups is 1. The van der Waals surface area contributed by atoms with Crippen LogP contribution in [0.15, 0.2) is 45.6 Å². The Hall–Kier alpha value is -3.89. The van der Waals surface area contributed by atoms with E-state index in [1.165, 1.54) is 17.3 Å². The highest BCUT2D eigenvalue weighted by molar-refractivity contribution is 6.02. The van der Waals surface area contributed by atoms with Gasteiger partial charge in [-0.05, 0) is 67.6 Å². The van der Waals surface area contributed by atoms with Crippen molar-refractivity contribution in [1.82, 2.24) is 5.32 Å². The maximum absolute atomic E-state index is 13.1. The lowest BCUT2D eigenvalue weighted by Gasteiger charge is -2.37. The Morgan fingerprint density at radius 1 is 0.974 bits per heavy atom. The van der Waals surface area contributed by atoms with Crippen LogP contribution in [0.3, 0.4) is 0 Å². The monoisotopic (exact) mass is 532 g/mol. The normalized spacial score (nSPS) is 17.5. The highest BCUT2D eigenvalue weighted by atomic mass is 16.5. The van der Waals surface area contributed by atoms with Crippen LogP contribution in [0, 0.1) is 0 Å². The van der Waals surface area contributed by atoms with E-state index in [4.69, 9.17) is 9.15 Å². The first-order valence-corrected chi connectivity index (χ1v) is 13.5. The van der Waals surface area contributed by atoms with E-state index in [0.717, 1.165) is 63.1 Å². The van der Waals surface area contributed by atoms with Crippen LogP contribution in [-0.4, -0.2) is 69.0 Å². The zero-order valence-corrected chi connectivity index (χ0v) is 21.7. The van der Waals surface area contributed by atoms with Crippen molar-refractivity contribution in [2.24, 2.45) is 0 Å². The number of carbonyl (C=O) groups is 2. The Morgan fingerprint density at radius 3 is 2.46 bits per heavy atom. The predicted octanol–water partition coefficient (Wildman–Crippen LogP) is 2.06. The molecule has 0 saturated carbocycles. The van der Waals surface area contributed by atoms with Gasteiger partial charge < -0.3 is 34.7 Å². The van der Waals surface area contributed by atoms with Gasteiger partial charge >= 0.3 is 5.63 Å². The van der Waals surface area contributed by atoms with Crippen LogP contribution >= 0.6 is 0 Å². The molecule has 1 fully saturated rings. The summed E-state index contributed by atoms with van der Waals surface area (Å²) in [5, 5.41) is 15.8. The Kier molecular flexibility index (Phi) is 6.97. The molecule has 3 aromatic rings. The third-order valence-corrected chi connectivity index (χ3v) is 7.78. The summed E-state index contributed by atoms with van der Waals surface area (Å²) in [5.41, 5.74) is 4.53. The zero-order chi connectivity index (χ0) is 26.9. The minimum atomic E-state index is -1.25. The van der Waals surface area contributed by atoms with E-state index >= 15 is 0 Å². The number of anilines is 3. The summed E-state index contributed by atoms with van der Waals surface area (Å²) in [7, 11) is 0. The van der Waals surface area contributed by atoms with E-state index in [9.17, 15) is 19.5 Å². The fourth-order valence-corrected chi connectivity index (χ4v) is 5.84. The molecular formula is C29H32N4O6. The van der Waals surface area contributed by atoms with Crippen molar-refractivity contribution in [3.63, 3.8) is 0 Å². The van der Waals surface area contributed by atoms with Gasteiger partial charge in [-0.2, -0.15) is 0 Å². The molecule has 1 unspecified atom stereocenters. The van der Waals surface area contributed by atoms with Gasteiger partial charge in [0.1, 0.15) is 17.2 Å². The number of aryl methyl sites for hydroxylation is 2. The SMILES string of the molecule is O=C(NC(CO)C(=O)Nc1ccc(N2CCOCC2)cc1)c1cc2cc3c4c(c2oc1=O)CCCN4CCC3. The molecule has 3 N–H and O–H groups in total. The molecule has 2 aromatic carbocycles. The standard InChI is InChI=1S/C29H32N4O6/c34-17-24(28(36)30-20-5-7-21(8-6-20)32-11-13-38-14-12-32)31-27(35)23-16-19-15-18-3-1-9-33-10-2-4-22(25(18)33)26(19)39-29(23)37/h5-8,15-16,24,34H,1-4,9-14,17H2,(H,30,36)(H,31,35). The molecule has 3 aliphatic heterocycles. The molecule has 0 bridgehead atoms. The average molecular weight is 533 g/mol. The lowest BCUT2D eigenvalue weighted by atomic mass is 9.90. The summed E-state index contributed by atoms with van der Waals surface area (Å²) >= 11 is 0. The van der Waals surface area contributed by atoms with Gasteiger partial charge in [0.25, 0.3) is 5.91 Å². The third-order valence-electron chi connectivity index (χ3n) is 7.78. The Labute approximate surface area is 225 Å². The molecular weight excluding hydrogens is 500 g/mol. The number of amides is 2. The number of carbonyl (C=O) groups excluding carboxylic acids is 2. The first kappa shape index (κ1) is 25.4.